The molecular weight excluding hydrogens is 333 g/mol. The largest absolute Gasteiger partial charge is 0.352 e. The molecule has 1 fully saturated rings. The summed E-state index contributed by atoms with van der Waals surface area (Å²) in [6.45, 7) is 2.81. The molecule has 0 aliphatic carbocycles. The summed E-state index contributed by atoms with van der Waals surface area (Å²) in [6, 6.07) is 3.42. The topological polar surface area (TPSA) is 48.5 Å². The fraction of sp³-hybridized carbons (Fsp3) is 0.294. The molecule has 0 radical (unpaired) electrons. The molecule has 5 nitrogen and oxygen atoms in total. The van der Waals surface area contributed by atoms with E-state index >= 15 is 0 Å². The minimum Gasteiger partial charge on any atom is -0.352 e. The van der Waals surface area contributed by atoms with Gasteiger partial charge in [0.05, 0.1) is 23.1 Å². The molecule has 2 aromatic rings. The number of carbonyl (C=O) groups is 1. The Balaban J connectivity index is 1.78. The summed E-state index contributed by atoms with van der Waals surface area (Å²) in [4.78, 5) is 20.4. The monoisotopic (exact) mass is 350 g/mol. The highest BCUT2D eigenvalue weighted by Gasteiger charge is 2.21. The third-order valence-corrected chi connectivity index (χ3v) is 4.09. The molecule has 1 saturated heterocycles. The molecule has 3 rings (SSSR count). The Morgan fingerprint density at radius 1 is 1.08 bits per heavy atom. The maximum absolute atomic E-state index is 13.8. The normalized spacial score (nSPS) is 15.3. The van der Waals surface area contributed by atoms with Crippen LogP contribution < -0.4 is 5.32 Å². The van der Waals surface area contributed by atoms with Gasteiger partial charge in [0.1, 0.15) is 0 Å². The SMILES string of the molecule is CN1CCN(C(=O)c2cncc(Nc3ccc(F)c(F)c3F)c2)CC1. The minimum atomic E-state index is -1.55. The van der Waals surface area contributed by atoms with Crippen LogP contribution in [0.3, 0.4) is 0 Å². The number of halogens is 3. The molecule has 1 aliphatic heterocycles. The van der Waals surface area contributed by atoms with Crippen LogP contribution >= 0.6 is 0 Å². The van der Waals surface area contributed by atoms with Crippen molar-refractivity contribution < 1.29 is 18.0 Å². The Kier molecular flexibility index (Phi) is 4.89. The Hall–Kier alpha value is -2.61. The van der Waals surface area contributed by atoms with Crippen LogP contribution in [0.15, 0.2) is 30.6 Å². The van der Waals surface area contributed by atoms with E-state index in [0.29, 0.717) is 24.3 Å². The van der Waals surface area contributed by atoms with Gasteiger partial charge in [0.2, 0.25) is 0 Å². The molecule has 1 aliphatic rings. The van der Waals surface area contributed by atoms with E-state index in [2.05, 4.69) is 15.2 Å². The predicted molar refractivity (Wildman–Crippen MR) is 87.2 cm³/mol. The van der Waals surface area contributed by atoms with E-state index < -0.39 is 17.5 Å². The van der Waals surface area contributed by atoms with Crippen molar-refractivity contribution in [3.05, 3.63) is 53.6 Å². The molecule has 1 N–H and O–H groups in total. The Morgan fingerprint density at radius 3 is 2.52 bits per heavy atom. The number of aromatic nitrogens is 1. The van der Waals surface area contributed by atoms with Gasteiger partial charge in [0.25, 0.3) is 5.91 Å². The van der Waals surface area contributed by atoms with Crippen LogP contribution in [0.25, 0.3) is 0 Å². The van der Waals surface area contributed by atoms with Crippen molar-refractivity contribution in [2.45, 2.75) is 0 Å². The van der Waals surface area contributed by atoms with Crippen molar-refractivity contribution in [3.63, 3.8) is 0 Å². The van der Waals surface area contributed by atoms with Gasteiger partial charge in [0.15, 0.2) is 17.5 Å². The van der Waals surface area contributed by atoms with Crippen LogP contribution in [-0.2, 0) is 0 Å². The molecule has 25 heavy (non-hydrogen) atoms. The molecule has 0 atom stereocenters. The second-order valence-corrected chi connectivity index (χ2v) is 5.91. The van der Waals surface area contributed by atoms with Gasteiger partial charge in [-0.1, -0.05) is 0 Å². The molecule has 1 aromatic carbocycles. The molecule has 0 saturated carbocycles. The first-order chi connectivity index (χ1) is 12.0. The average Bonchev–Trinajstić information content (AvgIpc) is 2.62. The van der Waals surface area contributed by atoms with Crippen molar-refractivity contribution in [1.29, 1.82) is 0 Å². The number of piperazine rings is 1. The summed E-state index contributed by atoms with van der Waals surface area (Å²) in [6.07, 6.45) is 2.80. The highest BCUT2D eigenvalue weighted by Crippen LogP contribution is 2.24. The zero-order valence-corrected chi connectivity index (χ0v) is 13.6. The first-order valence-electron chi connectivity index (χ1n) is 7.79. The number of hydrogen-bond donors (Lipinski definition) is 1. The number of amides is 1. The van der Waals surface area contributed by atoms with Gasteiger partial charge in [-0.3, -0.25) is 9.78 Å². The predicted octanol–water partition coefficient (Wildman–Crippen LogP) is 2.63. The Bertz CT molecular complexity index is 791. The van der Waals surface area contributed by atoms with Crippen molar-refractivity contribution in [3.8, 4) is 0 Å². The van der Waals surface area contributed by atoms with E-state index in [1.54, 1.807) is 4.90 Å². The van der Waals surface area contributed by atoms with Crippen molar-refractivity contribution in [2.24, 2.45) is 0 Å². The molecule has 2 heterocycles. The van der Waals surface area contributed by atoms with Crippen LogP contribution in [0.1, 0.15) is 10.4 Å². The van der Waals surface area contributed by atoms with E-state index in [-0.39, 0.29) is 11.6 Å². The van der Waals surface area contributed by atoms with Gasteiger partial charge in [-0.2, -0.15) is 0 Å². The fourth-order valence-electron chi connectivity index (χ4n) is 2.60. The fourth-order valence-corrected chi connectivity index (χ4v) is 2.60. The molecule has 0 bridgehead atoms. The quantitative estimate of drug-likeness (QED) is 0.865. The smallest absolute Gasteiger partial charge is 0.255 e. The lowest BCUT2D eigenvalue weighted by molar-refractivity contribution is 0.0663. The van der Waals surface area contributed by atoms with Crippen LogP contribution in [0.5, 0.6) is 0 Å². The summed E-state index contributed by atoms with van der Waals surface area (Å²) in [7, 11) is 1.99. The van der Waals surface area contributed by atoms with Crippen molar-refractivity contribution in [2.75, 3.05) is 38.5 Å². The van der Waals surface area contributed by atoms with Crippen LogP contribution in [0.2, 0.25) is 0 Å². The molecule has 132 valence electrons. The van der Waals surface area contributed by atoms with Crippen LogP contribution in [-0.4, -0.2) is 53.9 Å². The number of likely N-dealkylation sites (N-methyl/N-ethyl adjacent to an activating group) is 1. The Morgan fingerprint density at radius 2 is 1.80 bits per heavy atom. The highest BCUT2D eigenvalue weighted by atomic mass is 19.2. The number of rotatable bonds is 3. The van der Waals surface area contributed by atoms with E-state index in [0.717, 1.165) is 25.2 Å². The lowest BCUT2D eigenvalue weighted by Gasteiger charge is -2.32. The van der Waals surface area contributed by atoms with Gasteiger partial charge >= 0.3 is 0 Å². The summed E-state index contributed by atoms with van der Waals surface area (Å²) in [5.74, 6) is -4.31. The zero-order chi connectivity index (χ0) is 18.0. The third kappa shape index (κ3) is 3.74. The number of anilines is 2. The molecule has 0 unspecified atom stereocenters. The number of benzene rings is 1. The number of pyridine rings is 1. The Labute approximate surface area is 143 Å². The maximum atomic E-state index is 13.8. The van der Waals surface area contributed by atoms with Crippen LogP contribution in [0.4, 0.5) is 24.5 Å². The third-order valence-electron chi connectivity index (χ3n) is 4.09. The molecule has 1 aromatic heterocycles. The van der Waals surface area contributed by atoms with E-state index in [4.69, 9.17) is 0 Å². The average molecular weight is 350 g/mol. The van der Waals surface area contributed by atoms with E-state index in [1.165, 1.54) is 18.5 Å². The number of hydrogen-bond acceptors (Lipinski definition) is 4. The molecule has 8 heteroatoms. The van der Waals surface area contributed by atoms with Crippen molar-refractivity contribution in [1.82, 2.24) is 14.8 Å². The van der Waals surface area contributed by atoms with Gasteiger partial charge in [-0.15, -0.1) is 0 Å². The maximum Gasteiger partial charge on any atom is 0.255 e. The lowest BCUT2D eigenvalue weighted by Crippen LogP contribution is -2.47. The second kappa shape index (κ2) is 7.10. The number of nitrogens with zero attached hydrogens (tertiary/aromatic N) is 3. The summed E-state index contributed by atoms with van der Waals surface area (Å²) in [5.41, 5.74) is 0.423. The van der Waals surface area contributed by atoms with Gasteiger partial charge < -0.3 is 15.1 Å². The minimum absolute atomic E-state index is 0.171. The summed E-state index contributed by atoms with van der Waals surface area (Å²) >= 11 is 0. The molecule has 0 spiro atoms. The second-order valence-electron chi connectivity index (χ2n) is 5.91. The zero-order valence-electron chi connectivity index (χ0n) is 13.6. The molecule has 1 amide bonds. The number of carbonyl (C=O) groups excluding carboxylic acids is 1. The summed E-state index contributed by atoms with van der Waals surface area (Å²) in [5, 5.41) is 2.62. The van der Waals surface area contributed by atoms with Gasteiger partial charge in [0, 0.05) is 32.4 Å². The first-order valence-corrected chi connectivity index (χ1v) is 7.79. The summed E-state index contributed by atoms with van der Waals surface area (Å²) < 4.78 is 40.1. The van der Waals surface area contributed by atoms with Crippen LogP contribution in [0, 0.1) is 17.5 Å². The number of nitrogens with one attached hydrogen (secondary N) is 1. The standard InChI is InChI=1S/C17H17F3N4O/c1-23-4-6-24(7-5-23)17(25)11-8-12(10-21-9-11)22-14-3-2-13(18)15(19)16(14)20/h2-3,8-10,22H,4-7H2,1H3. The van der Waals surface area contributed by atoms with Gasteiger partial charge in [-0.25, -0.2) is 13.2 Å². The van der Waals surface area contributed by atoms with E-state index in [1.807, 2.05) is 7.05 Å². The van der Waals surface area contributed by atoms with Crippen molar-refractivity contribution >= 4 is 17.3 Å². The van der Waals surface area contributed by atoms with Gasteiger partial charge in [-0.05, 0) is 25.2 Å². The molecular formula is C17H17F3N4O. The highest BCUT2D eigenvalue weighted by molar-refractivity contribution is 5.95. The lowest BCUT2D eigenvalue weighted by atomic mass is 10.2. The first kappa shape index (κ1) is 17.2. The van der Waals surface area contributed by atoms with E-state index in [9.17, 15) is 18.0 Å².